The predicted octanol–water partition coefficient (Wildman–Crippen LogP) is 4.92. The van der Waals surface area contributed by atoms with Crippen LogP contribution in [0, 0.1) is 0 Å². The Morgan fingerprint density at radius 2 is 1.74 bits per heavy atom. The highest BCUT2D eigenvalue weighted by molar-refractivity contribution is 6.35. The number of rotatable bonds is 8. The largest absolute Gasteiger partial charge is 0.492 e. The third-order valence-corrected chi connectivity index (χ3v) is 4.96. The van der Waals surface area contributed by atoms with Crippen molar-refractivity contribution < 1.29 is 19.1 Å². The van der Waals surface area contributed by atoms with Crippen LogP contribution in [0.5, 0.6) is 11.5 Å². The maximum absolute atomic E-state index is 12.2. The second-order valence-electron chi connectivity index (χ2n) is 6.83. The highest BCUT2D eigenvalue weighted by atomic mass is 35.5. The van der Waals surface area contributed by atoms with Gasteiger partial charge in [0.2, 0.25) is 5.91 Å². The average Bonchev–Trinajstić information content (AvgIpc) is 2.76. The molecule has 3 aromatic carbocycles. The molecule has 0 saturated carbocycles. The molecule has 0 aliphatic heterocycles. The Balaban J connectivity index is 1.37. The molecule has 31 heavy (non-hydrogen) atoms. The Bertz CT molecular complexity index is 1070. The number of hydrogen-bond donors (Lipinski definition) is 2. The molecule has 8 heteroatoms. The van der Waals surface area contributed by atoms with E-state index in [4.69, 9.17) is 32.7 Å². The predicted molar refractivity (Wildman–Crippen MR) is 122 cm³/mol. The number of amides is 2. The molecule has 0 radical (unpaired) electrons. The van der Waals surface area contributed by atoms with Crippen LogP contribution in [0.2, 0.25) is 10.0 Å². The van der Waals surface area contributed by atoms with Crippen molar-refractivity contribution in [1.82, 2.24) is 10.9 Å². The van der Waals surface area contributed by atoms with Gasteiger partial charge in [0.15, 0.2) is 6.10 Å². The summed E-state index contributed by atoms with van der Waals surface area (Å²) in [6, 6.07) is 18.4. The summed E-state index contributed by atoms with van der Waals surface area (Å²) in [5.74, 6) is 0.285. The lowest BCUT2D eigenvalue weighted by molar-refractivity contribution is -0.132. The van der Waals surface area contributed by atoms with Crippen LogP contribution in [0.25, 0.3) is 10.8 Å². The van der Waals surface area contributed by atoms with Crippen molar-refractivity contribution in [3.63, 3.8) is 0 Å². The summed E-state index contributed by atoms with van der Waals surface area (Å²) >= 11 is 11.9. The van der Waals surface area contributed by atoms with E-state index in [2.05, 4.69) is 10.9 Å². The standard InChI is InChI=1S/C23H22Cl2N2O4/c1-15(31-19-10-8-16-5-2-3-6-17(16)13-19)23(29)27-26-22(28)7-4-12-30-21-11-9-18(24)14-20(21)25/h2-3,5-6,8-11,13-15H,4,7,12H2,1H3,(H,26,28)(H,27,29). The summed E-state index contributed by atoms with van der Waals surface area (Å²) in [5, 5.41) is 3.03. The highest BCUT2D eigenvalue weighted by Crippen LogP contribution is 2.27. The fraction of sp³-hybridized carbons (Fsp3) is 0.217. The van der Waals surface area contributed by atoms with Crippen molar-refractivity contribution in [1.29, 1.82) is 0 Å². The monoisotopic (exact) mass is 460 g/mol. The lowest BCUT2D eigenvalue weighted by Crippen LogP contribution is -2.47. The Kier molecular flexibility index (Phi) is 7.98. The molecule has 1 unspecified atom stereocenters. The minimum absolute atomic E-state index is 0.172. The molecular formula is C23H22Cl2N2O4. The van der Waals surface area contributed by atoms with E-state index in [1.54, 1.807) is 31.2 Å². The molecule has 0 fully saturated rings. The molecule has 0 aliphatic rings. The average molecular weight is 461 g/mol. The number of fused-ring (bicyclic) bond motifs is 1. The van der Waals surface area contributed by atoms with E-state index in [1.165, 1.54) is 0 Å². The van der Waals surface area contributed by atoms with E-state index < -0.39 is 12.0 Å². The van der Waals surface area contributed by atoms with Crippen molar-refractivity contribution in [2.24, 2.45) is 0 Å². The minimum Gasteiger partial charge on any atom is -0.492 e. The second-order valence-corrected chi connectivity index (χ2v) is 7.68. The molecule has 6 nitrogen and oxygen atoms in total. The molecule has 0 saturated heterocycles. The van der Waals surface area contributed by atoms with Gasteiger partial charge in [-0.05, 0) is 54.4 Å². The fourth-order valence-electron chi connectivity index (χ4n) is 2.80. The molecular weight excluding hydrogens is 439 g/mol. The van der Waals surface area contributed by atoms with E-state index in [0.717, 1.165) is 10.8 Å². The van der Waals surface area contributed by atoms with Crippen LogP contribution < -0.4 is 20.3 Å². The van der Waals surface area contributed by atoms with Crippen molar-refractivity contribution in [3.05, 3.63) is 70.7 Å². The molecule has 0 heterocycles. The van der Waals surface area contributed by atoms with Gasteiger partial charge in [-0.25, -0.2) is 0 Å². The van der Waals surface area contributed by atoms with Crippen LogP contribution in [-0.2, 0) is 9.59 Å². The zero-order valence-electron chi connectivity index (χ0n) is 16.9. The first-order valence-electron chi connectivity index (χ1n) is 9.74. The zero-order chi connectivity index (χ0) is 22.2. The smallest absolute Gasteiger partial charge is 0.279 e. The van der Waals surface area contributed by atoms with Gasteiger partial charge in [0, 0.05) is 11.4 Å². The number of nitrogens with one attached hydrogen (secondary N) is 2. The molecule has 162 valence electrons. The topological polar surface area (TPSA) is 76.7 Å². The zero-order valence-corrected chi connectivity index (χ0v) is 18.4. The van der Waals surface area contributed by atoms with Crippen LogP contribution in [0.1, 0.15) is 19.8 Å². The quantitative estimate of drug-likeness (QED) is 0.369. The van der Waals surface area contributed by atoms with Crippen LogP contribution in [0.4, 0.5) is 0 Å². The van der Waals surface area contributed by atoms with Gasteiger partial charge >= 0.3 is 0 Å². The van der Waals surface area contributed by atoms with E-state index in [0.29, 0.717) is 34.6 Å². The van der Waals surface area contributed by atoms with Crippen molar-refractivity contribution in [3.8, 4) is 11.5 Å². The van der Waals surface area contributed by atoms with Gasteiger partial charge in [0.05, 0.1) is 11.6 Å². The Hall–Kier alpha value is -2.96. The molecule has 3 rings (SSSR count). The first kappa shape index (κ1) is 22.7. The van der Waals surface area contributed by atoms with Gasteiger partial charge in [-0.2, -0.15) is 0 Å². The Labute approximate surface area is 190 Å². The van der Waals surface area contributed by atoms with Crippen LogP contribution in [0.15, 0.2) is 60.7 Å². The molecule has 0 bridgehead atoms. The number of ether oxygens (including phenoxy) is 2. The summed E-state index contributed by atoms with van der Waals surface area (Å²) in [5.41, 5.74) is 4.75. The number of halogens is 2. The molecule has 1 atom stereocenters. The SMILES string of the molecule is CC(Oc1ccc2ccccc2c1)C(=O)NNC(=O)CCCOc1ccc(Cl)cc1Cl. The number of carbonyl (C=O) groups is 2. The molecule has 3 aromatic rings. The summed E-state index contributed by atoms with van der Waals surface area (Å²) in [7, 11) is 0. The van der Waals surface area contributed by atoms with E-state index in [1.807, 2.05) is 36.4 Å². The maximum Gasteiger partial charge on any atom is 0.279 e. The first-order chi connectivity index (χ1) is 14.9. The normalized spacial score (nSPS) is 11.6. The van der Waals surface area contributed by atoms with E-state index in [-0.39, 0.29) is 12.3 Å². The lowest BCUT2D eigenvalue weighted by atomic mass is 10.1. The fourth-order valence-corrected chi connectivity index (χ4v) is 3.26. The van der Waals surface area contributed by atoms with Gasteiger partial charge in [-0.15, -0.1) is 0 Å². The van der Waals surface area contributed by atoms with Crippen molar-refractivity contribution in [2.45, 2.75) is 25.9 Å². The highest BCUT2D eigenvalue weighted by Gasteiger charge is 2.15. The number of hydrogen-bond acceptors (Lipinski definition) is 4. The third kappa shape index (κ3) is 6.77. The molecule has 2 N–H and O–H groups in total. The van der Waals surface area contributed by atoms with Gasteiger partial charge in [0.1, 0.15) is 11.5 Å². The summed E-state index contributed by atoms with van der Waals surface area (Å²) in [4.78, 5) is 24.1. The number of carbonyl (C=O) groups excluding carboxylic acids is 2. The molecule has 2 amide bonds. The minimum atomic E-state index is -0.781. The Morgan fingerprint density at radius 3 is 2.52 bits per heavy atom. The summed E-state index contributed by atoms with van der Waals surface area (Å²) < 4.78 is 11.2. The number of hydrazine groups is 1. The van der Waals surface area contributed by atoms with E-state index >= 15 is 0 Å². The van der Waals surface area contributed by atoms with E-state index in [9.17, 15) is 9.59 Å². The summed E-state index contributed by atoms with van der Waals surface area (Å²) in [6.07, 6.45) is -0.160. The second kappa shape index (κ2) is 10.9. The molecule has 0 spiro atoms. The molecule has 0 aromatic heterocycles. The van der Waals surface area contributed by atoms with Crippen molar-refractivity contribution in [2.75, 3.05) is 6.61 Å². The van der Waals surface area contributed by atoms with Gasteiger partial charge in [-0.1, -0.05) is 53.5 Å². The van der Waals surface area contributed by atoms with Crippen LogP contribution in [0.3, 0.4) is 0 Å². The lowest BCUT2D eigenvalue weighted by Gasteiger charge is -2.15. The number of benzene rings is 3. The van der Waals surface area contributed by atoms with Crippen molar-refractivity contribution >= 4 is 45.8 Å². The first-order valence-corrected chi connectivity index (χ1v) is 10.5. The van der Waals surface area contributed by atoms with Gasteiger partial charge in [-0.3, -0.25) is 20.4 Å². The molecule has 0 aliphatic carbocycles. The van der Waals surface area contributed by atoms with Gasteiger partial charge in [0.25, 0.3) is 5.91 Å². The third-order valence-electron chi connectivity index (χ3n) is 4.43. The van der Waals surface area contributed by atoms with Crippen LogP contribution >= 0.6 is 23.2 Å². The Morgan fingerprint density at radius 1 is 0.968 bits per heavy atom. The summed E-state index contributed by atoms with van der Waals surface area (Å²) in [6.45, 7) is 1.91. The van der Waals surface area contributed by atoms with Crippen LogP contribution in [-0.4, -0.2) is 24.5 Å². The van der Waals surface area contributed by atoms with Gasteiger partial charge < -0.3 is 9.47 Å². The maximum atomic E-state index is 12.2.